The van der Waals surface area contributed by atoms with E-state index >= 15 is 0 Å². The van der Waals surface area contributed by atoms with Crippen molar-refractivity contribution < 1.29 is 9.59 Å². The lowest BCUT2D eigenvalue weighted by molar-refractivity contribution is -0.117. The fraction of sp³-hybridized carbons (Fsp3) is 0.500. The molecule has 2 amide bonds. The fourth-order valence-electron chi connectivity index (χ4n) is 3.14. The van der Waals surface area contributed by atoms with E-state index in [1.54, 1.807) is 4.90 Å². The standard InChI is InChI=1S/C16H20N2O2/c19-15-10-5-11-18(15)14-9-4-3-8-13(14)16(20)17-12-6-1-2-7-12/h3-4,8-9,12H,1-2,5-7,10-11H2,(H,17,20). The molecule has 0 spiro atoms. The van der Waals surface area contributed by atoms with Gasteiger partial charge in [0.15, 0.2) is 0 Å². The molecule has 2 aliphatic rings. The van der Waals surface area contributed by atoms with Crippen LogP contribution in [0.15, 0.2) is 24.3 Å². The van der Waals surface area contributed by atoms with Crippen LogP contribution in [0.2, 0.25) is 0 Å². The second-order valence-corrected chi connectivity index (χ2v) is 5.62. The third-order valence-corrected chi connectivity index (χ3v) is 4.20. The van der Waals surface area contributed by atoms with Crippen molar-refractivity contribution in [1.29, 1.82) is 0 Å². The third-order valence-electron chi connectivity index (χ3n) is 4.20. The SMILES string of the molecule is O=C(NC1CCCC1)c1ccccc1N1CCCC1=O. The second kappa shape index (κ2) is 5.65. The summed E-state index contributed by atoms with van der Waals surface area (Å²) in [6.45, 7) is 0.715. The Kier molecular flexibility index (Phi) is 3.72. The number of benzene rings is 1. The number of rotatable bonds is 3. The maximum atomic E-state index is 12.4. The molecule has 1 aromatic rings. The number of nitrogens with one attached hydrogen (secondary N) is 1. The zero-order valence-electron chi connectivity index (χ0n) is 11.6. The van der Waals surface area contributed by atoms with Gasteiger partial charge in [-0.05, 0) is 31.4 Å². The molecular formula is C16H20N2O2. The van der Waals surface area contributed by atoms with Crippen molar-refractivity contribution in [2.45, 2.75) is 44.6 Å². The Hall–Kier alpha value is -1.84. The predicted molar refractivity (Wildman–Crippen MR) is 77.8 cm³/mol. The van der Waals surface area contributed by atoms with Crippen molar-refractivity contribution in [3.8, 4) is 0 Å². The molecule has 1 heterocycles. The summed E-state index contributed by atoms with van der Waals surface area (Å²) in [5.41, 5.74) is 1.38. The minimum atomic E-state index is -0.0489. The van der Waals surface area contributed by atoms with Gasteiger partial charge in [-0.1, -0.05) is 25.0 Å². The van der Waals surface area contributed by atoms with E-state index < -0.39 is 0 Å². The first-order valence-corrected chi connectivity index (χ1v) is 7.46. The summed E-state index contributed by atoms with van der Waals surface area (Å²) in [6.07, 6.45) is 5.97. The topological polar surface area (TPSA) is 49.4 Å². The van der Waals surface area contributed by atoms with Gasteiger partial charge in [-0.15, -0.1) is 0 Å². The van der Waals surface area contributed by atoms with E-state index in [9.17, 15) is 9.59 Å². The van der Waals surface area contributed by atoms with Crippen LogP contribution in [0.3, 0.4) is 0 Å². The normalized spacial score (nSPS) is 19.6. The predicted octanol–water partition coefficient (Wildman–Crippen LogP) is 2.49. The highest BCUT2D eigenvalue weighted by molar-refractivity contribution is 6.05. The Morgan fingerprint density at radius 3 is 2.60 bits per heavy atom. The van der Waals surface area contributed by atoms with E-state index in [0.29, 0.717) is 24.6 Å². The third kappa shape index (κ3) is 2.55. The van der Waals surface area contributed by atoms with Crippen LogP contribution < -0.4 is 10.2 Å². The molecule has 0 bridgehead atoms. The number of anilines is 1. The number of nitrogens with zero attached hydrogens (tertiary/aromatic N) is 1. The first-order valence-electron chi connectivity index (χ1n) is 7.46. The molecule has 1 aliphatic heterocycles. The molecule has 0 radical (unpaired) electrons. The summed E-state index contributed by atoms with van der Waals surface area (Å²) in [5.74, 6) is 0.0679. The van der Waals surface area contributed by atoms with Crippen LogP contribution in [-0.2, 0) is 4.79 Å². The molecule has 0 unspecified atom stereocenters. The van der Waals surface area contributed by atoms with Crippen LogP contribution >= 0.6 is 0 Å². The average molecular weight is 272 g/mol. The first-order chi connectivity index (χ1) is 9.75. The molecule has 2 fully saturated rings. The van der Waals surface area contributed by atoms with Crippen LogP contribution in [0.5, 0.6) is 0 Å². The van der Waals surface area contributed by atoms with Crippen molar-refractivity contribution in [1.82, 2.24) is 5.32 Å². The van der Waals surface area contributed by atoms with Gasteiger partial charge in [-0.2, -0.15) is 0 Å². The van der Waals surface area contributed by atoms with Crippen molar-refractivity contribution in [2.24, 2.45) is 0 Å². The molecule has 1 aliphatic carbocycles. The average Bonchev–Trinajstić information content (AvgIpc) is 3.10. The van der Waals surface area contributed by atoms with Crippen LogP contribution in [0, 0.1) is 0 Å². The molecule has 1 saturated carbocycles. The highest BCUT2D eigenvalue weighted by Crippen LogP contribution is 2.26. The lowest BCUT2D eigenvalue weighted by Gasteiger charge is -2.20. The minimum Gasteiger partial charge on any atom is -0.349 e. The molecule has 0 atom stereocenters. The zero-order chi connectivity index (χ0) is 13.9. The van der Waals surface area contributed by atoms with Gasteiger partial charge < -0.3 is 10.2 Å². The van der Waals surface area contributed by atoms with E-state index in [0.717, 1.165) is 24.9 Å². The summed E-state index contributed by atoms with van der Waals surface area (Å²) < 4.78 is 0. The van der Waals surface area contributed by atoms with Crippen LogP contribution in [-0.4, -0.2) is 24.4 Å². The monoisotopic (exact) mass is 272 g/mol. The second-order valence-electron chi connectivity index (χ2n) is 5.62. The van der Waals surface area contributed by atoms with Gasteiger partial charge in [0.1, 0.15) is 0 Å². The number of hydrogen-bond donors (Lipinski definition) is 1. The van der Waals surface area contributed by atoms with Gasteiger partial charge in [-0.25, -0.2) is 0 Å². The first kappa shape index (κ1) is 13.2. The summed E-state index contributed by atoms with van der Waals surface area (Å²) in [7, 11) is 0. The highest BCUT2D eigenvalue weighted by atomic mass is 16.2. The Balaban J connectivity index is 1.81. The zero-order valence-corrected chi connectivity index (χ0v) is 11.6. The van der Waals surface area contributed by atoms with Crippen LogP contribution in [0.25, 0.3) is 0 Å². The van der Waals surface area contributed by atoms with Gasteiger partial charge in [0.25, 0.3) is 5.91 Å². The van der Waals surface area contributed by atoms with E-state index in [1.165, 1.54) is 12.8 Å². The smallest absolute Gasteiger partial charge is 0.253 e. The summed E-state index contributed by atoms with van der Waals surface area (Å²) in [4.78, 5) is 26.1. The lowest BCUT2D eigenvalue weighted by atomic mass is 10.1. The van der Waals surface area contributed by atoms with E-state index in [-0.39, 0.29) is 11.8 Å². The molecule has 4 nitrogen and oxygen atoms in total. The summed E-state index contributed by atoms with van der Waals surface area (Å²) in [6, 6.07) is 7.71. The van der Waals surface area contributed by atoms with Gasteiger partial charge in [0.05, 0.1) is 11.3 Å². The maximum Gasteiger partial charge on any atom is 0.253 e. The van der Waals surface area contributed by atoms with Crippen LogP contribution in [0.4, 0.5) is 5.69 Å². The molecule has 0 aromatic heterocycles. The van der Waals surface area contributed by atoms with E-state index in [1.807, 2.05) is 24.3 Å². The summed E-state index contributed by atoms with van der Waals surface area (Å²) >= 11 is 0. The van der Waals surface area contributed by atoms with Gasteiger partial charge >= 0.3 is 0 Å². The number of amides is 2. The number of carbonyl (C=O) groups is 2. The Morgan fingerprint density at radius 1 is 1.15 bits per heavy atom. The molecule has 20 heavy (non-hydrogen) atoms. The van der Waals surface area contributed by atoms with Crippen molar-refractivity contribution in [3.63, 3.8) is 0 Å². The summed E-state index contributed by atoms with van der Waals surface area (Å²) in [5, 5.41) is 3.10. The molecule has 106 valence electrons. The number of carbonyl (C=O) groups excluding carboxylic acids is 2. The van der Waals surface area contributed by atoms with Gasteiger partial charge in [0, 0.05) is 19.0 Å². The highest BCUT2D eigenvalue weighted by Gasteiger charge is 2.26. The quantitative estimate of drug-likeness (QED) is 0.919. The Bertz CT molecular complexity index is 521. The molecule has 4 heteroatoms. The maximum absolute atomic E-state index is 12.4. The van der Waals surface area contributed by atoms with Gasteiger partial charge in [0.2, 0.25) is 5.91 Å². The van der Waals surface area contributed by atoms with E-state index in [2.05, 4.69) is 5.32 Å². The van der Waals surface area contributed by atoms with Crippen molar-refractivity contribution in [2.75, 3.05) is 11.4 Å². The number of hydrogen-bond acceptors (Lipinski definition) is 2. The molecule has 3 rings (SSSR count). The molecule has 1 N–H and O–H groups in total. The molecule has 1 saturated heterocycles. The fourth-order valence-corrected chi connectivity index (χ4v) is 3.14. The van der Waals surface area contributed by atoms with Crippen molar-refractivity contribution >= 4 is 17.5 Å². The number of para-hydroxylation sites is 1. The largest absolute Gasteiger partial charge is 0.349 e. The van der Waals surface area contributed by atoms with E-state index in [4.69, 9.17) is 0 Å². The molecule has 1 aromatic carbocycles. The Morgan fingerprint density at radius 2 is 1.90 bits per heavy atom. The van der Waals surface area contributed by atoms with Crippen LogP contribution in [0.1, 0.15) is 48.9 Å². The van der Waals surface area contributed by atoms with Gasteiger partial charge in [-0.3, -0.25) is 9.59 Å². The van der Waals surface area contributed by atoms with Crippen molar-refractivity contribution in [3.05, 3.63) is 29.8 Å². The molecular weight excluding hydrogens is 252 g/mol. The lowest BCUT2D eigenvalue weighted by Crippen LogP contribution is -2.34. The Labute approximate surface area is 119 Å². The minimum absolute atomic E-state index is 0.0489.